The van der Waals surface area contributed by atoms with Gasteiger partial charge in [0.25, 0.3) is 6.43 Å². The monoisotopic (exact) mass is 587 g/mol. The Bertz CT molecular complexity index is 1040. The lowest BCUT2D eigenvalue weighted by Gasteiger charge is -2.31. The van der Waals surface area contributed by atoms with Gasteiger partial charge in [0.1, 0.15) is 18.4 Å². The average Bonchev–Trinajstić information content (AvgIpc) is 2.92. The average molecular weight is 588 g/mol. The van der Waals surface area contributed by atoms with Crippen molar-refractivity contribution in [1.29, 1.82) is 0 Å². The van der Waals surface area contributed by atoms with E-state index >= 15 is 0 Å². The van der Waals surface area contributed by atoms with E-state index in [1.165, 1.54) is 6.07 Å². The second-order valence-corrected chi connectivity index (χ2v) is 8.78. The molecular formula is C26H35F2N3O10. The van der Waals surface area contributed by atoms with Gasteiger partial charge in [-0.05, 0) is 24.6 Å². The van der Waals surface area contributed by atoms with E-state index < -0.39 is 54.3 Å². The molecule has 0 saturated carbocycles. The first-order chi connectivity index (χ1) is 19.6. The number of nitrogens with one attached hydrogen (secondary N) is 2. The number of rotatable bonds is 18. The number of carboxylic acids is 1. The molecule has 13 nitrogen and oxygen atoms in total. The van der Waals surface area contributed by atoms with Crippen LogP contribution in [0.1, 0.15) is 37.7 Å². The predicted molar refractivity (Wildman–Crippen MR) is 139 cm³/mol. The molecule has 1 aromatic carbocycles. The molecule has 228 valence electrons. The van der Waals surface area contributed by atoms with Crippen LogP contribution in [0, 0.1) is 12.3 Å². The number of carbonyl (C=O) groups excluding carboxylic acids is 2. The summed E-state index contributed by atoms with van der Waals surface area (Å²) in [5, 5.41) is 24.0. The molecule has 0 bridgehead atoms. The van der Waals surface area contributed by atoms with Crippen LogP contribution in [-0.2, 0) is 33.3 Å². The lowest BCUT2D eigenvalue weighted by atomic mass is 10.1. The summed E-state index contributed by atoms with van der Waals surface area (Å²) >= 11 is 0. The maximum absolute atomic E-state index is 13.8. The number of carbonyl (C=O) groups is 3. The third kappa shape index (κ3) is 12.3. The molecule has 0 radical (unpaired) electrons. The Labute approximate surface area is 235 Å². The van der Waals surface area contributed by atoms with Crippen LogP contribution in [0.4, 0.5) is 14.5 Å². The van der Waals surface area contributed by atoms with E-state index in [1.54, 1.807) is 0 Å². The highest BCUT2D eigenvalue weighted by Gasteiger charge is 2.34. The Kier molecular flexibility index (Phi) is 14.9. The summed E-state index contributed by atoms with van der Waals surface area (Å²) in [6.45, 7) is 0.685. The summed E-state index contributed by atoms with van der Waals surface area (Å²) < 4.78 is 53.7. The Hall–Kier alpha value is -3.39. The Morgan fingerprint density at radius 2 is 1.85 bits per heavy atom. The second-order valence-electron chi connectivity index (χ2n) is 8.78. The summed E-state index contributed by atoms with van der Waals surface area (Å²) in [6.07, 6.45) is -1.48. The number of anilines is 1. The number of aliphatic hydroxyl groups excluding tert-OH is 1. The van der Waals surface area contributed by atoms with Gasteiger partial charge in [-0.1, -0.05) is 0 Å². The zero-order valence-electron chi connectivity index (χ0n) is 22.3. The van der Waals surface area contributed by atoms with Crippen LogP contribution < -0.4 is 21.1 Å². The summed E-state index contributed by atoms with van der Waals surface area (Å²) in [4.78, 5) is 36.4. The van der Waals surface area contributed by atoms with Gasteiger partial charge in [-0.15, -0.1) is 12.3 Å². The fourth-order valence-corrected chi connectivity index (χ4v) is 3.69. The molecule has 1 aliphatic rings. The number of ether oxygens (including phenoxy) is 5. The van der Waals surface area contributed by atoms with Crippen molar-refractivity contribution in [2.75, 3.05) is 45.1 Å². The standard InChI is InChI=1S/C26H35F2N3O10/c1-2-3-4-19(31-22(33)14-38-9-7-37-8-10-39-15-29)25(34)30-16-5-6-20(18(11-16)24(27)28)40-23-13-17(32)12-21(41-23)26(35)36/h1,5-6,11,17,19,21,23-24,32H,3-4,7-10,12-15,29H2,(H,30,34)(H,31,33)(H,35,36). The first kappa shape index (κ1) is 33.8. The van der Waals surface area contributed by atoms with Gasteiger partial charge in [0, 0.05) is 24.9 Å². The zero-order valence-corrected chi connectivity index (χ0v) is 22.3. The molecule has 41 heavy (non-hydrogen) atoms. The number of benzene rings is 1. The molecule has 2 amide bonds. The normalized spacial score (nSPS) is 19.3. The summed E-state index contributed by atoms with van der Waals surface area (Å²) in [7, 11) is 0. The topological polar surface area (TPSA) is 188 Å². The number of amides is 2. The fraction of sp³-hybridized carbons (Fsp3) is 0.577. The van der Waals surface area contributed by atoms with Gasteiger partial charge in [-0.3, -0.25) is 9.59 Å². The molecule has 4 atom stereocenters. The van der Waals surface area contributed by atoms with Gasteiger partial charge in [-0.2, -0.15) is 0 Å². The quantitative estimate of drug-likeness (QED) is 0.0927. The SMILES string of the molecule is C#CCCC(NC(=O)COCCOCCOCN)C(=O)Nc1ccc(OC2CC(O)CC(C(=O)O)O2)c(C(F)F)c1. The Balaban J connectivity index is 1.97. The van der Waals surface area contributed by atoms with Gasteiger partial charge in [0.05, 0.1) is 44.8 Å². The Morgan fingerprint density at radius 3 is 2.51 bits per heavy atom. The number of terminal acetylenes is 1. The van der Waals surface area contributed by atoms with Gasteiger partial charge in [0.2, 0.25) is 18.1 Å². The van der Waals surface area contributed by atoms with Gasteiger partial charge in [-0.25, -0.2) is 13.6 Å². The third-order valence-electron chi connectivity index (χ3n) is 5.64. The lowest BCUT2D eigenvalue weighted by molar-refractivity contribution is -0.195. The molecule has 1 fully saturated rings. The van der Waals surface area contributed by atoms with Crippen LogP contribution >= 0.6 is 0 Å². The first-order valence-corrected chi connectivity index (χ1v) is 12.8. The van der Waals surface area contributed by atoms with E-state index in [0.29, 0.717) is 13.2 Å². The molecule has 1 aromatic rings. The largest absolute Gasteiger partial charge is 0.479 e. The molecule has 4 unspecified atom stereocenters. The lowest BCUT2D eigenvalue weighted by Crippen LogP contribution is -2.45. The number of hydrogen-bond acceptors (Lipinski definition) is 10. The number of alkyl halides is 2. The maximum Gasteiger partial charge on any atom is 0.333 e. The number of aliphatic hydroxyl groups is 1. The first-order valence-electron chi connectivity index (χ1n) is 12.8. The molecule has 0 aromatic heterocycles. The van der Waals surface area contributed by atoms with Gasteiger partial charge < -0.3 is 50.3 Å². The minimum Gasteiger partial charge on any atom is -0.479 e. The van der Waals surface area contributed by atoms with Crippen LogP contribution in [-0.4, -0.2) is 92.3 Å². The smallest absolute Gasteiger partial charge is 0.333 e. The van der Waals surface area contributed by atoms with Crippen molar-refractivity contribution >= 4 is 23.5 Å². The molecule has 0 aliphatic carbocycles. The number of nitrogens with two attached hydrogens (primary N) is 1. The van der Waals surface area contributed by atoms with Crippen molar-refractivity contribution in [2.45, 2.75) is 56.6 Å². The van der Waals surface area contributed by atoms with E-state index in [1.807, 2.05) is 0 Å². The number of aliphatic carboxylic acids is 1. The van der Waals surface area contributed by atoms with Crippen LogP contribution in [0.5, 0.6) is 5.75 Å². The van der Waals surface area contributed by atoms with Crippen LogP contribution in [0.2, 0.25) is 0 Å². The Morgan fingerprint density at radius 1 is 1.15 bits per heavy atom. The van der Waals surface area contributed by atoms with E-state index in [0.717, 1.165) is 12.1 Å². The van der Waals surface area contributed by atoms with Gasteiger partial charge >= 0.3 is 5.97 Å². The highest BCUT2D eigenvalue weighted by Crippen LogP contribution is 2.34. The fourth-order valence-electron chi connectivity index (χ4n) is 3.69. The van der Waals surface area contributed by atoms with Crippen molar-refractivity contribution in [3.8, 4) is 18.1 Å². The third-order valence-corrected chi connectivity index (χ3v) is 5.64. The zero-order chi connectivity index (χ0) is 30.2. The molecule has 0 spiro atoms. The van der Waals surface area contributed by atoms with Crippen LogP contribution in [0.3, 0.4) is 0 Å². The number of carboxylic acid groups (broad SMARTS) is 1. The maximum atomic E-state index is 13.8. The highest BCUT2D eigenvalue weighted by atomic mass is 19.3. The van der Waals surface area contributed by atoms with Gasteiger partial charge in [0.15, 0.2) is 6.10 Å². The van der Waals surface area contributed by atoms with E-state index in [2.05, 4.69) is 16.6 Å². The van der Waals surface area contributed by atoms with Crippen LogP contribution in [0.25, 0.3) is 0 Å². The van der Waals surface area contributed by atoms with E-state index in [-0.39, 0.29) is 63.7 Å². The van der Waals surface area contributed by atoms with E-state index in [9.17, 15) is 28.3 Å². The van der Waals surface area contributed by atoms with Crippen molar-refractivity contribution < 1.29 is 57.1 Å². The number of hydrogen-bond donors (Lipinski definition) is 5. The van der Waals surface area contributed by atoms with Crippen LogP contribution in [0.15, 0.2) is 18.2 Å². The summed E-state index contributed by atoms with van der Waals surface area (Å²) in [6, 6.07) is 2.34. The van der Waals surface area contributed by atoms with Crippen molar-refractivity contribution in [1.82, 2.24) is 5.32 Å². The van der Waals surface area contributed by atoms with Crippen molar-refractivity contribution in [2.24, 2.45) is 5.73 Å². The molecule has 2 rings (SSSR count). The predicted octanol–water partition coefficient (Wildman–Crippen LogP) is 0.756. The summed E-state index contributed by atoms with van der Waals surface area (Å²) in [5.74, 6) is -0.554. The molecule has 1 saturated heterocycles. The molecule has 1 heterocycles. The molecule has 6 N–H and O–H groups in total. The molecular weight excluding hydrogens is 552 g/mol. The second kappa shape index (κ2) is 18.1. The minimum atomic E-state index is -3.03. The van der Waals surface area contributed by atoms with E-state index in [4.69, 9.17) is 40.9 Å². The summed E-state index contributed by atoms with van der Waals surface area (Å²) in [5.41, 5.74) is 4.56. The minimum absolute atomic E-state index is 0.0161. The van der Waals surface area contributed by atoms with Crippen molar-refractivity contribution in [3.05, 3.63) is 23.8 Å². The highest BCUT2D eigenvalue weighted by molar-refractivity contribution is 5.97. The van der Waals surface area contributed by atoms with Crippen molar-refractivity contribution in [3.63, 3.8) is 0 Å². The number of halogens is 2. The molecule has 1 aliphatic heterocycles. The molecule has 15 heteroatoms.